The van der Waals surface area contributed by atoms with Gasteiger partial charge in [-0.3, -0.25) is 9.58 Å². The average molecular weight is 556 g/mol. The number of aromatic nitrogens is 2. The minimum atomic E-state index is -5.25. The lowest BCUT2D eigenvalue weighted by Gasteiger charge is -2.49. The summed E-state index contributed by atoms with van der Waals surface area (Å²) in [4.78, 5) is 13.7. The molecule has 0 aliphatic carbocycles. The fraction of sp³-hybridized carbons (Fsp3) is 0.407. The number of aryl methyl sites for hydroxylation is 1. The average Bonchev–Trinajstić information content (AvgIpc) is 3.19. The molecule has 3 aromatic rings. The number of benzene rings is 2. The largest absolute Gasteiger partial charge is 0.490 e. The number of carbonyl (C=O) groups is 1. The summed E-state index contributed by atoms with van der Waals surface area (Å²) in [6, 6.07) is 11.7. The van der Waals surface area contributed by atoms with Gasteiger partial charge in [-0.05, 0) is 62.6 Å². The molecule has 1 aliphatic heterocycles. The van der Waals surface area contributed by atoms with Crippen molar-refractivity contribution in [3.05, 3.63) is 76.4 Å². The Bertz CT molecular complexity index is 1320. The van der Waals surface area contributed by atoms with Gasteiger partial charge in [0.15, 0.2) is 6.23 Å². The zero-order valence-corrected chi connectivity index (χ0v) is 21.9. The molecule has 0 N–H and O–H groups in total. The summed E-state index contributed by atoms with van der Waals surface area (Å²) in [5.41, 5.74) is 1.18. The van der Waals surface area contributed by atoms with E-state index in [2.05, 4.69) is 5.10 Å². The summed E-state index contributed by atoms with van der Waals surface area (Å²) in [6.07, 6.45) is -6.38. The monoisotopic (exact) mass is 555 g/mol. The molecule has 1 aromatic heterocycles. The lowest BCUT2D eigenvalue weighted by molar-refractivity contribution is -0.222. The molecular formula is C27H27ClF5N3O2. The lowest BCUT2D eigenvalue weighted by Crippen LogP contribution is -2.57. The first-order chi connectivity index (χ1) is 17.7. The Labute approximate surface area is 222 Å². The van der Waals surface area contributed by atoms with E-state index in [9.17, 15) is 22.4 Å². The second-order valence-electron chi connectivity index (χ2n) is 10.3. The van der Waals surface area contributed by atoms with E-state index < -0.39 is 47.4 Å². The Morgan fingerprint density at radius 3 is 2.29 bits per heavy atom. The molecule has 1 saturated heterocycles. The number of ether oxygens (including phenoxy) is 1. The van der Waals surface area contributed by atoms with Crippen LogP contribution in [0, 0.1) is 11.6 Å². The number of rotatable bonds is 4. The first-order valence-corrected chi connectivity index (χ1v) is 12.3. The third-order valence-electron chi connectivity index (χ3n) is 6.79. The minimum absolute atomic E-state index is 0.0657. The molecule has 0 spiro atoms. The Morgan fingerprint density at radius 2 is 1.71 bits per heavy atom. The maximum absolute atomic E-state index is 15.2. The first-order valence-electron chi connectivity index (χ1n) is 12.0. The predicted molar refractivity (Wildman–Crippen MR) is 133 cm³/mol. The number of nitrogens with zero attached hydrogens (tertiary/aromatic N) is 3. The zero-order valence-electron chi connectivity index (χ0n) is 21.2. The Hall–Kier alpha value is -2.98. The Kier molecular flexibility index (Phi) is 7.60. The number of alkyl halides is 3. The van der Waals surface area contributed by atoms with Gasteiger partial charge >= 0.3 is 12.1 Å². The van der Waals surface area contributed by atoms with Gasteiger partial charge in [0.1, 0.15) is 11.6 Å². The maximum Gasteiger partial charge on any atom is 0.490 e. The highest BCUT2D eigenvalue weighted by atomic mass is 35.5. The molecule has 1 fully saturated rings. The van der Waals surface area contributed by atoms with Crippen LogP contribution in [-0.2, 0) is 16.6 Å². The fourth-order valence-corrected chi connectivity index (χ4v) is 5.17. The Morgan fingerprint density at radius 1 is 1.05 bits per heavy atom. The van der Waals surface area contributed by atoms with Crippen molar-refractivity contribution >= 4 is 17.6 Å². The van der Waals surface area contributed by atoms with E-state index in [1.54, 1.807) is 67.7 Å². The van der Waals surface area contributed by atoms with Crippen LogP contribution in [0.3, 0.4) is 0 Å². The number of carbonyl (C=O) groups excluding carboxylic acids is 1. The van der Waals surface area contributed by atoms with E-state index in [0.717, 1.165) is 11.6 Å². The second kappa shape index (κ2) is 10.3. The van der Waals surface area contributed by atoms with Crippen LogP contribution in [0.4, 0.5) is 22.0 Å². The standard InChI is InChI=1S/C27H27ClF5N3O2/c1-26(2,3)36-12-11-19(21-14-22(35(4)34-21)15-5-7-16(28)8-6-15)23(18-10-9-17(29)13-20(18)30)24(36)38-25(37)27(31,32)33/h5-10,13-14,19,23-24H,11-12H2,1-4H3/t19-,23-,24?/m0/s1. The van der Waals surface area contributed by atoms with Crippen molar-refractivity contribution in [3.63, 3.8) is 0 Å². The highest BCUT2D eigenvalue weighted by molar-refractivity contribution is 6.30. The fourth-order valence-electron chi connectivity index (χ4n) is 5.04. The highest BCUT2D eigenvalue weighted by Gasteiger charge is 2.51. The van der Waals surface area contributed by atoms with E-state index in [1.807, 2.05) is 0 Å². The van der Waals surface area contributed by atoms with Gasteiger partial charge in [0.25, 0.3) is 0 Å². The molecule has 5 nitrogen and oxygen atoms in total. The quantitative estimate of drug-likeness (QED) is 0.262. The van der Waals surface area contributed by atoms with Gasteiger partial charge in [-0.15, -0.1) is 0 Å². The summed E-state index contributed by atoms with van der Waals surface area (Å²) in [7, 11) is 1.71. The van der Waals surface area contributed by atoms with Crippen molar-refractivity contribution in [1.29, 1.82) is 0 Å². The highest BCUT2D eigenvalue weighted by Crippen LogP contribution is 2.47. The molecule has 2 heterocycles. The molecule has 0 amide bonds. The molecule has 0 radical (unpaired) electrons. The van der Waals surface area contributed by atoms with Gasteiger partial charge in [-0.2, -0.15) is 18.3 Å². The molecule has 0 bridgehead atoms. The van der Waals surface area contributed by atoms with Crippen LogP contribution in [0.25, 0.3) is 11.3 Å². The van der Waals surface area contributed by atoms with Crippen molar-refractivity contribution in [2.75, 3.05) is 6.54 Å². The number of esters is 1. The molecule has 0 saturated carbocycles. The third kappa shape index (κ3) is 5.71. The van der Waals surface area contributed by atoms with E-state index >= 15 is 4.39 Å². The van der Waals surface area contributed by atoms with E-state index in [-0.39, 0.29) is 12.1 Å². The summed E-state index contributed by atoms with van der Waals surface area (Å²) in [5.74, 6) is -5.92. The van der Waals surface area contributed by atoms with Crippen molar-refractivity contribution in [1.82, 2.24) is 14.7 Å². The maximum atomic E-state index is 15.2. The van der Waals surface area contributed by atoms with Crippen LogP contribution >= 0.6 is 11.6 Å². The summed E-state index contributed by atoms with van der Waals surface area (Å²) in [6.45, 7) is 5.54. The molecule has 1 aliphatic rings. The van der Waals surface area contributed by atoms with Crippen LogP contribution in [0.15, 0.2) is 48.5 Å². The van der Waals surface area contributed by atoms with Crippen LogP contribution in [0.1, 0.15) is 50.3 Å². The van der Waals surface area contributed by atoms with Crippen molar-refractivity contribution in [2.24, 2.45) is 7.05 Å². The van der Waals surface area contributed by atoms with Crippen molar-refractivity contribution in [2.45, 2.75) is 57.0 Å². The van der Waals surface area contributed by atoms with Gasteiger partial charge in [-0.25, -0.2) is 13.6 Å². The smallest absolute Gasteiger partial charge is 0.439 e. The van der Waals surface area contributed by atoms with Gasteiger partial charge in [-0.1, -0.05) is 29.8 Å². The predicted octanol–water partition coefficient (Wildman–Crippen LogP) is 6.82. The number of piperidine rings is 1. The minimum Gasteiger partial charge on any atom is -0.439 e. The van der Waals surface area contributed by atoms with E-state index in [4.69, 9.17) is 16.3 Å². The van der Waals surface area contributed by atoms with Crippen LogP contribution < -0.4 is 0 Å². The molecule has 11 heteroatoms. The SMILES string of the molecule is Cn1nc([C@@H]2CCN(C(C)(C)C)C(OC(=O)C(F)(F)F)[C@H]2c2ccc(F)cc2F)cc1-c1ccc(Cl)cc1. The number of halogens is 6. The van der Waals surface area contributed by atoms with Crippen LogP contribution in [-0.4, -0.2) is 45.1 Å². The van der Waals surface area contributed by atoms with Crippen LogP contribution in [0.5, 0.6) is 0 Å². The van der Waals surface area contributed by atoms with E-state index in [1.165, 1.54) is 6.07 Å². The molecule has 2 aromatic carbocycles. The molecule has 38 heavy (non-hydrogen) atoms. The van der Waals surface area contributed by atoms with E-state index in [0.29, 0.717) is 28.9 Å². The third-order valence-corrected chi connectivity index (χ3v) is 7.04. The Balaban J connectivity index is 1.86. The second-order valence-corrected chi connectivity index (χ2v) is 10.8. The lowest BCUT2D eigenvalue weighted by atomic mass is 9.76. The molecule has 3 atom stereocenters. The number of likely N-dealkylation sites (tertiary alicyclic amines) is 1. The first kappa shape index (κ1) is 28.0. The van der Waals surface area contributed by atoms with Crippen LogP contribution in [0.2, 0.25) is 5.02 Å². The molecular weight excluding hydrogens is 529 g/mol. The van der Waals surface area contributed by atoms with Gasteiger partial charge in [0.2, 0.25) is 0 Å². The van der Waals surface area contributed by atoms with Gasteiger partial charge < -0.3 is 4.74 Å². The topological polar surface area (TPSA) is 47.4 Å². The molecule has 204 valence electrons. The molecule has 4 rings (SSSR count). The number of hydrogen-bond donors (Lipinski definition) is 0. The summed E-state index contributed by atoms with van der Waals surface area (Å²) < 4.78 is 75.8. The normalized spacial score (nSPS) is 20.9. The summed E-state index contributed by atoms with van der Waals surface area (Å²) in [5, 5.41) is 5.16. The van der Waals surface area contributed by atoms with Crippen molar-refractivity contribution in [3.8, 4) is 11.3 Å². The zero-order chi connectivity index (χ0) is 28.0. The molecule has 1 unspecified atom stereocenters. The summed E-state index contributed by atoms with van der Waals surface area (Å²) >= 11 is 6.01. The van der Waals surface area contributed by atoms with Crippen molar-refractivity contribution < 1.29 is 31.5 Å². The van der Waals surface area contributed by atoms with Gasteiger partial charge in [0.05, 0.1) is 11.4 Å². The van der Waals surface area contributed by atoms with Gasteiger partial charge in [0, 0.05) is 42.1 Å². The number of hydrogen-bond acceptors (Lipinski definition) is 4.